The molecule has 2 rings (SSSR count). The van der Waals surface area contributed by atoms with Crippen LogP contribution in [0, 0.1) is 0 Å². The minimum atomic E-state index is 0.0497. The van der Waals surface area contributed by atoms with E-state index in [1.165, 1.54) is 11.1 Å². The number of hydrogen-bond acceptors (Lipinski definition) is 2. The molecule has 0 spiro atoms. The van der Waals surface area contributed by atoms with Crippen LogP contribution in [0.2, 0.25) is 0 Å². The predicted octanol–water partition coefficient (Wildman–Crippen LogP) is 3.93. The maximum Gasteiger partial charge on any atom is 0.225 e. The van der Waals surface area contributed by atoms with Gasteiger partial charge in [0.1, 0.15) is 0 Å². The third kappa shape index (κ3) is 4.71. The average Bonchev–Trinajstić information content (AvgIpc) is 2.56. The van der Waals surface area contributed by atoms with E-state index in [0.717, 1.165) is 12.1 Å². The van der Waals surface area contributed by atoms with Crippen molar-refractivity contribution in [2.24, 2.45) is 0 Å². The number of amides is 1. The molecule has 0 bridgehead atoms. The summed E-state index contributed by atoms with van der Waals surface area (Å²) >= 11 is 0. The lowest BCUT2D eigenvalue weighted by Gasteiger charge is -2.14. The Hall–Kier alpha value is -2.13. The van der Waals surface area contributed by atoms with Crippen molar-refractivity contribution in [3.05, 3.63) is 65.7 Å². The van der Waals surface area contributed by atoms with Crippen LogP contribution < -0.4 is 10.6 Å². The highest BCUT2D eigenvalue weighted by Gasteiger charge is 2.07. The van der Waals surface area contributed by atoms with E-state index in [9.17, 15) is 4.79 Å². The summed E-state index contributed by atoms with van der Waals surface area (Å²) in [7, 11) is 0. The Labute approximate surface area is 132 Å². The molecule has 0 saturated heterocycles. The number of anilines is 1. The fraction of sp³-hybridized carbons (Fsp3) is 0.316. The van der Waals surface area contributed by atoms with Gasteiger partial charge in [-0.25, -0.2) is 0 Å². The fourth-order valence-electron chi connectivity index (χ4n) is 2.43. The van der Waals surface area contributed by atoms with Crippen molar-refractivity contribution >= 4 is 11.6 Å². The predicted molar refractivity (Wildman–Crippen MR) is 91.9 cm³/mol. The fourth-order valence-corrected chi connectivity index (χ4v) is 2.43. The van der Waals surface area contributed by atoms with Crippen LogP contribution in [0.25, 0.3) is 0 Å². The molecule has 2 N–H and O–H groups in total. The lowest BCUT2D eigenvalue weighted by Crippen LogP contribution is -2.24. The maximum absolute atomic E-state index is 12.0. The lowest BCUT2D eigenvalue weighted by atomic mass is 10.1. The molecule has 0 radical (unpaired) electrons. The largest absolute Gasteiger partial charge is 0.326 e. The number of carbonyl (C=O) groups is 1. The second-order valence-corrected chi connectivity index (χ2v) is 5.40. The topological polar surface area (TPSA) is 41.1 Å². The zero-order valence-electron chi connectivity index (χ0n) is 13.3. The van der Waals surface area contributed by atoms with Gasteiger partial charge in [-0.1, -0.05) is 55.5 Å². The molecule has 1 atom stereocenters. The summed E-state index contributed by atoms with van der Waals surface area (Å²) < 4.78 is 0. The van der Waals surface area contributed by atoms with E-state index in [-0.39, 0.29) is 11.9 Å². The number of aryl methyl sites for hydroxylation is 1. The zero-order chi connectivity index (χ0) is 15.8. The van der Waals surface area contributed by atoms with Gasteiger partial charge >= 0.3 is 0 Å². The molecule has 1 unspecified atom stereocenters. The summed E-state index contributed by atoms with van der Waals surface area (Å²) in [6.45, 7) is 4.86. The third-order valence-corrected chi connectivity index (χ3v) is 3.77. The van der Waals surface area contributed by atoms with Gasteiger partial charge in [-0.15, -0.1) is 0 Å². The average molecular weight is 296 g/mol. The van der Waals surface area contributed by atoms with E-state index in [2.05, 4.69) is 36.6 Å². The van der Waals surface area contributed by atoms with E-state index < -0.39 is 0 Å². The molecule has 0 aromatic heterocycles. The van der Waals surface area contributed by atoms with Crippen molar-refractivity contribution in [2.75, 3.05) is 11.9 Å². The summed E-state index contributed by atoms with van der Waals surface area (Å²) in [5.74, 6) is 0.0497. The Bertz CT molecular complexity index is 595. The second-order valence-electron chi connectivity index (χ2n) is 5.40. The molecule has 3 nitrogen and oxygen atoms in total. The van der Waals surface area contributed by atoms with Crippen LogP contribution in [0.4, 0.5) is 5.69 Å². The summed E-state index contributed by atoms with van der Waals surface area (Å²) in [6, 6.07) is 18.4. The van der Waals surface area contributed by atoms with Crippen LogP contribution in [0.5, 0.6) is 0 Å². The molecule has 1 amide bonds. The highest BCUT2D eigenvalue weighted by Crippen LogP contribution is 2.15. The molecule has 3 heteroatoms. The van der Waals surface area contributed by atoms with Gasteiger partial charge in [-0.3, -0.25) is 4.79 Å². The number of benzene rings is 2. The molecule has 2 aromatic carbocycles. The standard InChI is InChI=1S/C19H24N2O/c1-3-16-9-7-8-12-18(16)21-19(22)13-14-20-15(2)17-10-5-4-6-11-17/h4-12,15,20H,3,13-14H2,1-2H3,(H,21,22). The molecular weight excluding hydrogens is 272 g/mol. The molecule has 0 aliphatic heterocycles. The van der Waals surface area contributed by atoms with Crippen molar-refractivity contribution < 1.29 is 4.79 Å². The van der Waals surface area contributed by atoms with E-state index in [1.54, 1.807) is 0 Å². The van der Waals surface area contributed by atoms with Crippen LogP contribution in [0.15, 0.2) is 54.6 Å². The molecule has 0 saturated carbocycles. The van der Waals surface area contributed by atoms with Gasteiger partial charge in [0.15, 0.2) is 0 Å². The molecule has 0 fully saturated rings. The van der Waals surface area contributed by atoms with Crippen molar-refractivity contribution in [1.82, 2.24) is 5.32 Å². The number of para-hydroxylation sites is 1. The molecule has 22 heavy (non-hydrogen) atoms. The van der Waals surface area contributed by atoms with Crippen LogP contribution >= 0.6 is 0 Å². The minimum Gasteiger partial charge on any atom is -0.326 e. The third-order valence-electron chi connectivity index (χ3n) is 3.77. The lowest BCUT2D eigenvalue weighted by molar-refractivity contribution is -0.116. The van der Waals surface area contributed by atoms with Gasteiger partial charge in [-0.2, -0.15) is 0 Å². The molecule has 2 aromatic rings. The smallest absolute Gasteiger partial charge is 0.225 e. The number of hydrogen-bond donors (Lipinski definition) is 2. The summed E-state index contributed by atoms with van der Waals surface area (Å²) in [5, 5.41) is 6.38. The number of carbonyl (C=O) groups excluding carboxylic acids is 1. The first-order valence-corrected chi connectivity index (χ1v) is 7.86. The molecule has 0 aliphatic rings. The zero-order valence-corrected chi connectivity index (χ0v) is 13.3. The van der Waals surface area contributed by atoms with Crippen molar-refractivity contribution in [3.8, 4) is 0 Å². The van der Waals surface area contributed by atoms with Crippen LogP contribution in [0.1, 0.15) is 37.4 Å². The quantitative estimate of drug-likeness (QED) is 0.813. The highest BCUT2D eigenvalue weighted by atomic mass is 16.1. The number of rotatable bonds is 7. The number of nitrogens with one attached hydrogen (secondary N) is 2. The van der Waals surface area contributed by atoms with Crippen LogP contribution in [-0.2, 0) is 11.2 Å². The van der Waals surface area contributed by atoms with E-state index in [0.29, 0.717) is 13.0 Å². The maximum atomic E-state index is 12.0. The minimum absolute atomic E-state index is 0.0497. The normalized spacial score (nSPS) is 11.9. The SMILES string of the molecule is CCc1ccccc1NC(=O)CCNC(C)c1ccccc1. The van der Waals surface area contributed by atoms with Gasteiger partial charge in [0, 0.05) is 24.7 Å². The Morgan fingerprint density at radius 2 is 1.73 bits per heavy atom. The highest BCUT2D eigenvalue weighted by molar-refractivity contribution is 5.91. The molecule has 0 heterocycles. The van der Waals surface area contributed by atoms with Crippen molar-refractivity contribution in [2.45, 2.75) is 32.7 Å². The van der Waals surface area contributed by atoms with Crippen molar-refractivity contribution in [1.29, 1.82) is 0 Å². The Kier molecular flexibility index (Phi) is 6.16. The Morgan fingerprint density at radius 3 is 2.45 bits per heavy atom. The van der Waals surface area contributed by atoms with Gasteiger partial charge in [0.25, 0.3) is 0 Å². The van der Waals surface area contributed by atoms with E-state index in [1.807, 2.05) is 42.5 Å². The molecule has 0 aliphatic carbocycles. The van der Waals surface area contributed by atoms with Crippen LogP contribution in [0.3, 0.4) is 0 Å². The van der Waals surface area contributed by atoms with Gasteiger partial charge in [0.05, 0.1) is 0 Å². The summed E-state index contributed by atoms with van der Waals surface area (Å²) in [5.41, 5.74) is 3.33. The van der Waals surface area contributed by atoms with Crippen LogP contribution in [-0.4, -0.2) is 12.5 Å². The van der Waals surface area contributed by atoms with Gasteiger partial charge < -0.3 is 10.6 Å². The van der Waals surface area contributed by atoms with Gasteiger partial charge in [0.2, 0.25) is 5.91 Å². The monoisotopic (exact) mass is 296 g/mol. The Morgan fingerprint density at radius 1 is 1.05 bits per heavy atom. The van der Waals surface area contributed by atoms with Gasteiger partial charge in [-0.05, 0) is 30.5 Å². The van der Waals surface area contributed by atoms with E-state index >= 15 is 0 Å². The Balaban J connectivity index is 1.78. The first-order chi connectivity index (χ1) is 10.7. The first kappa shape index (κ1) is 16.2. The molecular formula is C19H24N2O. The molecule has 116 valence electrons. The van der Waals surface area contributed by atoms with Crippen molar-refractivity contribution in [3.63, 3.8) is 0 Å². The first-order valence-electron chi connectivity index (χ1n) is 7.86. The second kappa shape index (κ2) is 8.35. The summed E-state index contributed by atoms with van der Waals surface area (Å²) in [6.07, 6.45) is 1.38. The summed E-state index contributed by atoms with van der Waals surface area (Å²) in [4.78, 5) is 12.0. The van der Waals surface area contributed by atoms with E-state index in [4.69, 9.17) is 0 Å².